The number of nitrogens with zero attached hydrogens (tertiary/aromatic N) is 3. The fourth-order valence-electron chi connectivity index (χ4n) is 3.57. The number of amides is 1. The number of anilines is 1. The van der Waals surface area contributed by atoms with Gasteiger partial charge in [0, 0.05) is 16.6 Å². The highest BCUT2D eigenvalue weighted by Crippen LogP contribution is 2.32. The maximum absolute atomic E-state index is 13.4. The summed E-state index contributed by atoms with van der Waals surface area (Å²) in [6.45, 7) is 7.80. The van der Waals surface area contributed by atoms with Crippen molar-refractivity contribution in [1.82, 2.24) is 14.8 Å². The molecule has 4 aromatic rings. The molecule has 1 N–H and O–H groups in total. The molecule has 0 aliphatic heterocycles. The number of benzene rings is 1. The molecule has 31 heavy (non-hydrogen) atoms. The van der Waals surface area contributed by atoms with Crippen LogP contribution in [0.1, 0.15) is 41.8 Å². The molecule has 0 saturated heterocycles. The van der Waals surface area contributed by atoms with Crippen molar-refractivity contribution in [1.29, 1.82) is 0 Å². The highest BCUT2D eigenvalue weighted by atomic mass is 35.5. The quantitative estimate of drug-likeness (QED) is 0.425. The maximum atomic E-state index is 13.4. The van der Waals surface area contributed by atoms with Crippen molar-refractivity contribution in [3.8, 4) is 17.0 Å². The molecule has 0 aliphatic carbocycles. The lowest BCUT2D eigenvalue weighted by Crippen LogP contribution is -2.14. The number of pyridine rings is 1. The van der Waals surface area contributed by atoms with E-state index in [-0.39, 0.29) is 11.9 Å². The first-order valence-corrected chi connectivity index (χ1v) is 10.3. The van der Waals surface area contributed by atoms with E-state index in [1.165, 1.54) is 0 Å². The van der Waals surface area contributed by atoms with Crippen LogP contribution in [-0.2, 0) is 0 Å². The van der Waals surface area contributed by atoms with Crippen LogP contribution in [-0.4, -0.2) is 27.8 Å². The van der Waals surface area contributed by atoms with Crippen molar-refractivity contribution in [3.63, 3.8) is 0 Å². The lowest BCUT2D eigenvalue weighted by molar-refractivity contribution is 0.102. The Morgan fingerprint density at radius 2 is 2.00 bits per heavy atom. The Balaban J connectivity index is 1.87. The zero-order valence-corrected chi connectivity index (χ0v) is 18.7. The number of ether oxygens (including phenoxy) is 1. The van der Waals surface area contributed by atoms with Crippen molar-refractivity contribution in [2.24, 2.45) is 0 Å². The monoisotopic (exact) mass is 438 g/mol. The zero-order chi connectivity index (χ0) is 22.3. The number of fused-ring (bicyclic) bond motifs is 1. The van der Waals surface area contributed by atoms with Crippen LogP contribution in [0.4, 0.5) is 5.69 Å². The molecule has 0 unspecified atom stereocenters. The maximum Gasteiger partial charge on any atom is 0.256 e. The standard InChI is InChI=1S/C23H23ClN4O3/c1-12(2)28-22-18(11-25-28)17(10-19(26-22)16-8-13(3)31-14(16)4)23(29)27-20-9-15(24)6-7-21(20)30-5/h6-12H,1-5H3,(H,27,29). The fraction of sp³-hybridized carbons (Fsp3) is 0.261. The average Bonchev–Trinajstić information content (AvgIpc) is 3.29. The van der Waals surface area contributed by atoms with E-state index in [1.807, 2.05) is 33.8 Å². The number of carbonyl (C=O) groups excluding carboxylic acids is 1. The topological polar surface area (TPSA) is 82.2 Å². The summed E-state index contributed by atoms with van der Waals surface area (Å²) < 4.78 is 12.8. The molecule has 4 rings (SSSR count). The van der Waals surface area contributed by atoms with E-state index in [0.717, 1.165) is 17.1 Å². The second kappa shape index (κ2) is 8.07. The van der Waals surface area contributed by atoms with E-state index in [1.54, 1.807) is 42.3 Å². The molecule has 0 fully saturated rings. The van der Waals surface area contributed by atoms with Gasteiger partial charge in [-0.05, 0) is 58.0 Å². The van der Waals surface area contributed by atoms with Crippen LogP contribution in [0.3, 0.4) is 0 Å². The number of halogens is 1. The van der Waals surface area contributed by atoms with Crippen molar-refractivity contribution in [3.05, 3.63) is 58.6 Å². The minimum Gasteiger partial charge on any atom is -0.495 e. The van der Waals surface area contributed by atoms with Gasteiger partial charge in [0.25, 0.3) is 5.91 Å². The van der Waals surface area contributed by atoms with Gasteiger partial charge >= 0.3 is 0 Å². The Labute approximate surface area is 185 Å². The number of rotatable bonds is 5. The van der Waals surface area contributed by atoms with Crippen LogP contribution >= 0.6 is 11.6 Å². The number of methoxy groups -OCH3 is 1. The van der Waals surface area contributed by atoms with Gasteiger partial charge in [0.05, 0.1) is 35.6 Å². The first-order chi connectivity index (χ1) is 14.8. The molecule has 1 aromatic carbocycles. The minimum atomic E-state index is -0.310. The third kappa shape index (κ3) is 3.88. The summed E-state index contributed by atoms with van der Waals surface area (Å²) in [5, 5.41) is 8.53. The van der Waals surface area contributed by atoms with Crippen molar-refractivity contribution in [2.45, 2.75) is 33.7 Å². The summed E-state index contributed by atoms with van der Waals surface area (Å²) in [7, 11) is 1.54. The van der Waals surface area contributed by atoms with Crippen LogP contribution in [0.5, 0.6) is 5.75 Å². The van der Waals surface area contributed by atoms with Crippen LogP contribution in [0.25, 0.3) is 22.3 Å². The molecule has 0 saturated carbocycles. The third-order valence-electron chi connectivity index (χ3n) is 5.03. The van der Waals surface area contributed by atoms with Gasteiger partial charge in [-0.3, -0.25) is 4.79 Å². The van der Waals surface area contributed by atoms with Crippen LogP contribution < -0.4 is 10.1 Å². The summed E-state index contributed by atoms with van der Waals surface area (Å²) in [6.07, 6.45) is 1.67. The predicted molar refractivity (Wildman–Crippen MR) is 121 cm³/mol. The van der Waals surface area contributed by atoms with Gasteiger partial charge in [0.15, 0.2) is 5.65 Å². The molecule has 160 valence electrons. The summed E-state index contributed by atoms with van der Waals surface area (Å²) in [5.41, 5.74) is 3.05. The normalized spacial score (nSPS) is 11.3. The summed E-state index contributed by atoms with van der Waals surface area (Å²) in [6, 6.07) is 8.82. The Morgan fingerprint density at radius 1 is 1.23 bits per heavy atom. The largest absolute Gasteiger partial charge is 0.495 e. The number of furan rings is 1. The molecule has 0 atom stereocenters. The smallest absolute Gasteiger partial charge is 0.256 e. The molecular weight excluding hydrogens is 416 g/mol. The van der Waals surface area contributed by atoms with Crippen LogP contribution in [0, 0.1) is 13.8 Å². The number of aryl methyl sites for hydroxylation is 2. The number of hydrogen-bond acceptors (Lipinski definition) is 5. The van der Waals surface area contributed by atoms with Crippen molar-refractivity contribution < 1.29 is 13.9 Å². The van der Waals surface area contributed by atoms with Gasteiger partial charge in [-0.1, -0.05) is 11.6 Å². The highest BCUT2D eigenvalue weighted by molar-refractivity contribution is 6.31. The van der Waals surface area contributed by atoms with Crippen molar-refractivity contribution in [2.75, 3.05) is 12.4 Å². The summed E-state index contributed by atoms with van der Waals surface area (Å²) >= 11 is 6.12. The second-order valence-corrected chi connectivity index (χ2v) is 8.04. The average molecular weight is 439 g/mol. The van der Waals surface area contributed by atoms with E-state index >= 15 is 0 Å². The number of hydrogen-bond donors (Lipinski definition) is 1. The van der Waals surface area contributed by atoms with Gasteiger partial charge in [0.2, 0.25) is 0 Å². The number of aromatic nitrogens is 3. The number of carbonyl (C=O) groups is 1. The van der Waals surface area contributed by atoms with Crippen LogP contribution in [0.2, 0.25) is 5.02 Å². The minimum absolute atomic E-state index is 0.0800. The first-order valence-electron chi connectivity index (χ1n) is 9.89. The van der Waals surface area contributed by atoms with E-state index in [9.17, 15) is 4.79 Å². The first kappa shape index (κ1) is 20.9. The Bertz CT molecular complexity index is 1290. The van der Waals surface area contributed by atoms with Gasteiger partial charge < -0.3 is 14.5 Å². The molecule has 3 aromatic heterocycles. The fourth-order valence-corrected chi connectivity index (χ4v) is 3.75. The molecule has 7 nitrogen and oxygen atoms in total. The molecule has 3 heterocycles. The summed E-state index contributed by atoms with van der Waals surface area (Å²) in [5.74, 6) is 1.72. The molecular formula is C23H23ClN4O3. The summed E-state index contributed by atoms with van der Waals surface area (Å²) in [4.78, 5) is 18.2. The van der Waals surface area contributed by atoms with E-state index in [4.69, 9.17) is 25.7 Å². The van der Waals surface area contributed by atoms with Crippen molar-refractivity contribution >= 4 is 34.2 Å². The Kier molecular flexibility index (Phi) is 5.45. The molecule has 0 spiro atoms. The molecule has 8 heteroatoms. The second-order valence-electron chi connectivity index (χ2n) is 7.60. The lowest BCUT2D eigenvalue weighted by atomic mass is 10.1. The van der Waals surface area contributed by atoms with E-state index < -0.39 is 0 Å². The predicted octanol–water partition coefficient (Wildman–Crippen LogP) is 5.80. The van der Waals surface area contributed by atoms with Gasteiger partial charge in [0.1, 0.15) is 17.3 Å². The molecule has 0 radical (unpaired) electrons. The lowest BCUT2D eigenvalue weighted by Gasteiger charge is -2.13. The number of nitrogens with one attached hydrogen (secondary N) is 1. The SMILES string of the molecule is COc1ccc(Cl)cc1NC(=O)c1cc(-c2cc(C)oc2C)nc2c1cnn2C(C)C. The molecule has 0 bridgehead atoms. The zero-order valence-electron chi connectivity index (χ0n) is 18.0. The van der Waals surface area contributed by atoms with Crippen LogP contribution in [0.15, 0.2) is 40.9 Å². The van der Waals surface area contributed by atoms with E-state index in [2.05, 4.69) is 10.4 Å². The molecule has 0 aliphatic rings. The highest BCUT2D eigenvalue weighted by Gasteiger charge is 2.21. The third-order valence-corrected chi connectivity index (χ3v) is 5.26. The molecule has 1 amide bonds. The Morgan fingerprint density at radius 3 is 2.65 bits per heavy atom. The van der Waals surface area contributed by atoms with E-state index in [0.29, 0.717) is 38.8 Å². The van der Waals surface area contributed by atoms with Gasteiger partial charge in [-0.15, -0.1) is 0 Å². The van der Waals surface area contributed by atoms with Gasteiger partial charge in [-0.25, -0.2) is 9.67 Å². The van der Waals surface area contributed by atoms with Gasteiger partial charge in [-0.2, -0.15) is 5.10 Å². The Hall–Kier alpha value is -3.32.